The lowest BCUT2D eigenvalue weighted by Crippen LogP contribution is -2.33. The van der Waals surface area contributed by atoms with Crippen LogP contribution in [0.5, 0.6) is 11.5 Å². The van der Waals surface area contributed by atoms with E-state index in [4.69, 9.17) is 9.47 Å². The Morgan fingerprint density at radius 2 is 1.93 bits per heavy atom. The van der Waals surface area contributed by atoms with E-state index in [9.17, 15) is 10.0 Å². The molecule has 2 heterocycles. The van der Waals surface area contributed by atoms with Gasteiger partial charge in [-0.1, -0.05) is 0 Å². The Balaban J connectivity index is 1.86. The maximum absolute atomic E-state index is 12.9. The molecule has 0 unspecified atom stereocenters. The van der Waals surface area contributed by atoms with Gasteiger partial charge < -0.3 is 14.7 Å². The number of methoxy groups -OCH3 is 1. The number of carbonyl (C=O) groups excluding carboxylic acids is 1. The standard InChI is InChI=1S/C19H16N4O4/c1-3-27-14-8-9-16-17(10-14)22-19(21-23(16)25)15(11-20-22)18(24)12-4-6-13(26-2)7-5-12/h4-11H,3H2,1-2H3. The Hall–Kier alpha value is -3.68. The molecule has 0 fully saturated rings. The zero-order valence-electron chi connectivity index (χ0n) is 14.7. The van der Waals surface area contributed by atoms with Gasteiger partial charge in [0.05, 0.1) is 25.5 Å². The smallest absolute Gasteiger partial charge is 0.270 e. The Kier molecular flexibility index (Phi) is 4.08. The average molecular weight is 364 g/mol. The second-order valence-corrected chi connectivity index (χ2v) is 5.81. The van der Waals surface area contributed by atoms with E-state index in [1.54, 1.807) is 49.6 Å². The molecule has 4 aromatic rings. The first-order valence-corrected chi connectivity index (χ1v) is 8.35. The minimum Gasteiger partial charge on any atom is -0.594 e. The molecule has 2 aromatic carbocycles. The lowest BCUT2D eigenvalue weighted by Gasteiger charge is -2.06. The van der Waals surface area contributed by atoms with Crippen molar-refractivity contribution < 1.29 is 19.1 Å². The number of hydrogen-bond donors (Lipinski definition) is 0. The van der Waals surface area contributed by atoms with Crippen LogP contribution in [0.3, 0.4) is 0 Å². The number of hydrogen-bond acceptors (Lipinski definition) is 6. The van der Waals surface area contributed by atoms with E-state index < -0.39 is 0 Å². The number of carbonyl (C=O) groups is 1. The van der Waals surface area contributed by atoms with Crippen molar-refractivity contribution in [1.29, 1.82) is 0 Å². The summed E-state index contributed by atoms with van der Waals surface area (Å²) in [4.78, 5) is 13.4. The summed E-state index contributed by atoms with van der Waals surface area (Å²) in [5.41, 5.74) is 1.72. The zero-order chi connectivity index (χ0) is 19.0. The Labute approximate surface area is 154 Å². The third kappa shape index (κ3) is 2.80. The number of ether oxygens (including phenoxy) is 2. The Morgan fingerprint density at radius 1 is 1.19 bits per heavy atom. The molecule has 0 spiro atoms. The van der Waals surface area contributed by atoms with Crippen LogP contribution >= 0.6 is 0 Å². The maximum Gasteiger partial charge on any atom is 0.270 e. The summed E-state index contributed by atoms with van der Waals surface area (Å²) >= 11 is 0. The Bertz CT molecular complexity index is 1150. The van der Waals surface area contributed by atoms with E-state index in [2.05, 4.69) is 10.2 Å². The molecule has 8 heteroatoms. The van der Waals surface area contributed by atoms with Crippen LogP contribution in [0.15, 0.2) is 48.7 Å². The average Bonchev–Trinajstić information content (AvgIpc) is 3.11. The van der Waals surface area contributed by atoms with Crippen molar-refractivity contribution in [2.24, 2.45) is 0 Å². The molecule has 0 aliphatic rings. The monoisotopic (exact) mass is 364 g/mol. The van der Waals surface area contributed by atoms with Crippen LogP contribution in [0.1, 0.15) is 22.8 Å². The fourth-order valence-corrected chi connectivity index (χ4v) is 2.90. The van der Waals surface area contributed by atoms with Gasteiger partial charge >= 0.3 is 0 Å². The summed E-state index contributed by atoms with van der Waals surface area (Å²) in [7, 11) is 1.56. The van der Waals surface area contributed by atoms with Crippen LogP contribution in [0.2, 0.25) is 0 Å². The molecule has 0 aliphatic carbocycles. The van der Waals surface area contributed by atoms with Crippen molar-refractivity contribution in [3.05, 3.63) is 65.0 Å². The Morgan fingerprint density at radius 3 is 2.63 bits per heavy atom. The van der Waals surface area contributed by atoms with E-state index in [1.807, 2.05) is 6.92 Å². The van der Waals surface area contributed by atoms with Crippen molar-refractivity contribution in [1.82, 2.24) is 14.7 Å². The van der Waals surface area contributed by atoms with E-state index in [-0.39, 0.29) is 17.0 Å². The van der Waals surface area contributed by atoms with Gasteiger partial charge in [-0.25, -0.2) is 4.52 Å². The van der Waals surface area contributed by atoms with Gasteiger partial charge in [0.2, 0.25) is 5.65 Å². The minimum atomic E-state index is -0.277. The minimum absolute atomic E-state index is 0.187. The van der Waals surface area contributed by atoms with Crippen molar-refractivity contribution in [3.8, 4) is 11.5 Å². The third-order valence-corrected chi connectivity index (χ3v) is 4.22. The lowest BCUT2D eigenvalue weighted by molar-refractivity contribution is -0.640. The van der Waals surface area contributed by atoms with E-state index in [0.29, 0.717) is 39.5 Å². The van der Waals surface area contributed by atoms with Gasteiger partial charge in [0, 0.05) is 22.8 Å². The SMILES string of the molecule is CCOc1ccc2c(c1)n1ncc(C(=O)c3ccc(OC)cc3)c1n[n+]2[O-]. The predicted octanol–water partition coefficient (Wildman–Crippen LogP) is 2.15. The summed E-state index contributed by atoms with van der Waals surface area (Å²) < 4.78 is 12.1. The normalized spacial score (nSPS) is 11.0. The maximum atomic E-state index is 12.9. The van der Waals surface area contributed by atoms with Crippen LogP contribution in [-0.4, -0.2) is 34.2 Å². The highest BCUT2D eigenvalue weighted by molar-refractivity contribution is 6.12. The van der Waals surface area contributed by atoms with E-state index in [0.717, 1.165) is 0 Å². The molecule has 27 heavy (non-hydrogen) atoms. The fourth-order valence-electron chi connectivity index (χ4n) is 2.90. The van der Waals surface area contributed by atoms with Crippen LogP contribution in [0.4, 0.5) is 0 Å². The number of rotatable bonds is 5. The molecule has 0 N–H and O–H groups in total. The third-order valence-electron chi connectivity index (χ3n) is 4.22. The molecule has 0 saturated carbocycles. The number of fused-ring (bicyclic) bond motifs is 3. The molecule has 4 rings (SSSR count). The molecule has 0 bridgehead atoms. The first-order chi connectivity index (χ1) is 13.1. The molecule has 136 valence electrons. The van der Waals surface area contributed by atoms with Crippen LogP contribution in [-0.2, 0) is 0 Å². The molecule has 0 atom stereocenters. The molecule has 0 radical (unpaired) electrons. The van der Waals surface area contributed by atoms with Gasteiger partial charge in [-0.3, -0.25) is 4.79 Å². The van der Waals surface area contributed by atoms with Gasteiger partial charge in [-0.15, -0.1) is 0 Å². The van der Waals surface area contributed by atoms with Gasteiger partial charge in [0.15, 0.2) is 5.78 Å². The van der Waals surface area contributed by atoms with Crippen LogP contribution < -0.4 is 14.3 Å². The number of benzene rings is 2. The largest absolute Gasteiger partial charge is 0.594 e. The quantitative estimate of drug-likeness (QED) is 0.306. The number of aromatic nitrogens is 4. The molecule has 0 amide bonds. The van der Waals surface area contributed by atoms with Gasteiger partial charge in [-0.2, -0.15) is 5.10 Å². The van der Waals surface area contributed by atoms with Gasteiger partial charge in [0.25, 0.3) is 5.52 Å². The topological polar surface area (TPSA) is 92.7 Å². The second-order valence-electron chi connectivity index (χ2n) is 5.81. The lowest BCUT2D eigenvalue weighted by atomic mass is 10.1. The summed E-state index contributed by atoms with van der Waals surface area (Å²) in [5.74, 6) is 0.980. The molecule has 2 aromatic heterocycles. The van der Waals surface area contributed by atoms with Crippen molar-refractivity contribution in [3.63, 3.8) is 0 Å². The zero-order valence-corrected chi connectivity index (χ0v) is 14.7. The first kappa shape index (κ1) is 16.8. The number of ketones is 1. The summed E-state index contributed by atoms with van der Waals surface area (Å²) in [6.07, 6.45) is 1.42. The van der Waals surface area contributed by atoms with Gasteiger partial charge in [-0.05, 0) is 42.1 Å². The second kappa shape index (κ2) is 6.56. The molecular formula is C19H16N4O4. The fraction of sp³-hybridized carbons (Fsp3) is 0.158. The molecule has 8 nitrogen and oxygen atoms in total. The van der Waals surface area contributed by atoms with Crippen LogP contribution in [0.25, 0.3) is 16.7 Å². The molecule has 0 saturated heterocycles. The van der Waals surface area contributed by atoms with Crippen molar-refractivity contribution in [2.75, 3.05) is 13.7 Å². The highest BCUT2D eigenvalue weighted by atomic mass is 16.5. The van der Waals surface area contributed by atoms with E-state index in [1.165, 1.54) is 10.7 Å². The summed E-state index contributed by atoms with van der Waals surface area (Å²) in [6, 6.07) is 11.7. The van der Waals surface area contributed by atoms with Crippen molar-refractivity contribution >= 4 is 22.5 Å². The number of nitrogens with zero attached hydrogens (tertiary/aromatic N) is 4. The summed E-state index contributed by atoms with van der Waals surface area (Å²) in [6.45, 7) is 2.37. The molecular weight excluding hydrogens is 348 g/mol. The highest BCUT2D eigenvalue weighted by Gasteiger charge is 2.22. The highest BCUT2D eigenvalue weighted by Crippen LogP contribution is 2.22. The predicted molar refractivity (Wildman–Crippen MR) is 97.0 cm³/mol. The first-order valence-electron chi connectivity index (χ1n) is 8.35. The van der Waals surface area contributed by atoms with Gasteiger partial charge in [0.1, 0.15) is 17.0 Å². The van der Waals surface area contributed by atoms with E-state index >= 15 is 0 Å². The van der Waals surface area contributed by atoms with Crippen molar-refractivity contribution in [2.45, 2.75) is 6.92 Å². The molecule has 0 aliphatic heterocycles. The van der Waals surface area contributed by atoms with Crippen LogP contribution in [0, 0.1) is 5.21 Å². The summed E-state index contributed by atoms with van der Waals surface area (Å²) in [5, 5.41) is 20.6.